The van der Waals surface area contributed by atoms with E-state index < -0.39 is 12.1 Å². The van der Waals surface area contributed by atoms with E-state index >= 15 is 0 Å². The first-order valence-electron chi connectivity index (χ1n) is 8.46. The number of amides is 1. The van der Waals surface area contributed by atoms with E-state index in [9.17, 15) is 9.59 Å². The van der Waals surface area contributed by atoms with Gasteiger partial charge in [0.2, 0.25) is 12.3 Å². The van der Waals surface area contributed by atoms with Crippen LogP contribution in [-0.2, 0) is 9.59 Å². The fourth-order valence-corrected chi connectivity index (χ4v) is 2.94. The van der Waals surface area contributed by atoms with Gasteiger partial charge in [-0.3, -0.25) is 19.5 Å². The van der Waals surface area contributed by atoms with Crippen molar-refractivity contribution in [2.45, 2.75) is 12.6 Å². The highest BCUT2D eigenvalue weighted by atomic mass is 16.5. The molecule has 0 aromatic carbocycles. The molecule has 1 amide bonds. The van der Waals surface area contributed by atoms with E-state index in [2.05, 4.69) is 25.1 Å². The minimum Gasteiger partial charge on any atom is -0.407 e. The molecule has 8 heteroatoms. The maximum atomic E-state index is 12.2. The lowest BCUT2D eigenvalue weighted by molar-refractivity contribution is -0.136. The van der Waals surface area contributed by atoms with Crippen LogP contribution >= 0.6 is 0 Å². The average Bonchev–Trinajstić information content (AvgIpc) is 2.69. The van der Waals surface area contributed by atoms with Crippen LogP contribution in [0.2, 0.25) is 0 Å². The van der Waals surface area contributed by atoms with Crippen molar-refractivity contribution in [3.63, 3.8) is 0 Å². The van der Waals surface area contributed by atoms with E-state index in [0.717, 1.165) is 31.9 Å². The molecule has 0 spiro atoms. The van der Waals surface area contributed by atoms with Crippen LogP contribution in [0.25, 0.3) is 0 Å². The monoisotopic (exact) mass is 355 g/mol. The lowest BCUT2D eigenvalue weighted by atomic mass is 10.2. The van der Waals surface area contributed by atoms with Gasteiger partial charge >= 0.3 is 5.97 Å². The van der Waals surface area contributed by atoms with E-state index in [1.165, 1.54) is 0 Å². The third-order valence-electron chi connectivity index (χ3n) is 4.26. The van der Waals surface area contributed by atoms with E-state index in [1.54, 1.807) is 36.8 Å². The molecule has 1 atom stereocenters. The van der Waals surface area contributed by atoms with E-state index in [0.29, 0.717) is 6.41 Å². The lowest BCUT2D eigenvalue weighted by Crippen LogP contribution is -2.55. The number of carbonyl (C=O) groups excluding carboxylic acids is 2. The Bertz CT molecular complexity index is 705. The molecule has 2 aromatic heterocycles. The standard InChI is InChI=1S/C18H21N5O3/c24-14-21-16(13-18(25)26-17-3-1-2-6-20-17)23-11-9-22(10-12-23)15-4-7-19-8-5-15/h1-8,14,16H,9-13H2,(H,21,24). The smallest absolute Gasteiger partial charge is 0.315 e. The van der Waals surface area contributed by atoms with E-state index in [4.69, 9.17) is 4.74 Å². The molecular weight excluding hydrogens is 334 g/mol. The number of pyridine rings is 2. The molecule has 1 saturated heterocycles. The summed E-state index contributed by atoms with van der Waals surface area (Å²) in [6.45, 7) is 3.06. The molecule has 0 bridgehead atoms. The summed E-state index contributed by atoms with van der Waals surface area (Å²) in [5.41, 5.74) is 1.12. The van der Waals surface area contributed by atoms with Crippen LogP contribution in [0.15, 0.2) is 48.9 Å². The number of ether oxygens (including phenoxy) is 1. The van der Waals surface area contributed by atoms with Gasteiger partial charge in [-0.05, 0) is 18.2 Å². The van der Waals surface area contributed by atoms with Crippen LogP contribution in [0.1, 0.15) is 6.42 Å². The van der Waals surface area contributed by atoms with Crippen molar-refractivity contribution in [1.82, 2.24) is 20.2 Å². The predicted octanol–water partition coefficient (Wildman–Crippen LogP) is 0.666. The molecule has 0 radical (unpaired) electrons. The molecular formula is C18H21N5O3. The molecule has 3 heterocycles. The third kappa shape index (κ3) is 4.76. The molecule has 1 fully saturated rings. The van der Waals surface area contributed by atoms with Gasteiger partial charge < -0.3 is 15.0 Å². The molecule has 26 heavy (non-hydrogen) atoms. The van der Waals surface area contributed by atoms with E-state index in [1.807, 2.05) is 12.1 Å². The SMILES string of the molecule is O=CNC(CC(=O)Oc1ccccn1)N1CCN(c2ccncc2)CC1. The summed E-state index contributed by atoms with van der Waals surface area (Å²) in [6.07, 6.45) is 5.38. The first-order chi connectivity index (χ1) is 12.8. The summed E-state index contributed by atoms with van der Waals surface area (Å²) in [6, 6.07) is 9.06. The van der Waals surface area contributed by atoms with Gasteiger partial charge in [0.15, 0.2) is 0 Å². The Hall–Kier alpha value is -3.00. The van der Waals surface area contributed by atoms with Gasteiger partial charge in [0.05, 0.1) is 12.6 Å². The Morgan fingerprint density at radius 3 is 2.58 bits per heavy atom. The van der Waals surface area contributed by atoms with Crippen LogP contribution in [0.3, 0.4) is 0 Å². The van der Waals surface area contributed by atoms with Gasteiger partial charge in [-0.1, -0.05) is 6.07 Å². The summed E-state index contributed by atoms with van der Waals surface area (Å²) in [5, 5.41) is 2.72. The number of anilines is 1. The van der Waals surface area contributed by atoms with Crippen molar-refractivity contribution in [3.05, 3.63) is 48.9 Å². The second-order valence-electron chi connectivity index (χ2n) is 5.87. The molecule has 1 N–H and O–H groups in total. The zero-order chi connectivity index (χ0) is 18.2. The summed E-state index contributed by atoms with van der Waals surface area (Å²) < 4.78 is 5.22. The maximum Gasteiger partial charge on any atom is 0.315 e. The molecule has 1 aliphatic heterocycles. The maximum absolute atomic E-state index is 12.2. The first kappa shape index (κ1) is 17.8. The number of nitrogens with zero attached hydrogens (tertiary/aromatic N) is 4. The number of hydrogen-bond donors (Lipinski definition) is 1. The third-order valence-corrected chi connectivity index (χ3v) is 4.26. The highest BCUT2D eigenvalue weighted by Gasteiger charge is 2.26. The quantitative estimate of drug-likeness (QED) is 0.577. The molecule has 0 saturated carbocycles. The molecule has 1 unspecified atom stereocenters. The first-order valence-corrected chi connectivity index (χ1v) is 8.46. The molecule has 8 nitrogen and oxygen atoms in total. The lowest BCUT2D eigenvalue weighted by Gasteiger charge is -2.39. The Balaban J connectivity index is 1.55. The normalized spacial score (nSPS) is 15.9. The van der Waals surface area contributed by atoms with Crippen molar-refractivity contribution < 1.29 is 14.3 Å². The van der Waals surface area contributed by atoms with Crippen LogP contribution in [0.4, 0.5) is 5.69 Å². The van der Waals surface area contributed by atoms with Crippen LogP contribution in [-0.4, -0.2) is 59.6 Å². The van der Waals surface area contributed by atoms with Gasteiger partial charge in [0, 0.05) is 56.5 Å². The fraction of sp³-hybridized carbons (Fsp3) is 0.333. The molecule has 3 rings (SSSR count). The Morgan fingerprint density at radius 2 is 1.92 bits per heavy atom. The summed E-state index contributed by atoms with van der Waals surface area (Å²) in [5.74, 6) is -0.176. The second kappa shape index (κ2) is 8.91. The van der Waals surface area contributed by atoms with Crippen molar-refractivity contribution in [2.75, 3.05) is 31.1 Å². The zero-order valence-electron chi connectivity index (χ0n) is 14.3. The van der Waals surface area contributed by atoms with Gasteiger partial charge in [-0.15, -0.1) is 0 Å². The summed E-state index contributed by atoms with van der Waals surface area (Å²) in [4.78, 5) is 35.5. The minimum atomic E-state index is -0.431. The Morgan fingerprint density at radius 1 is 1.15 bits per heavy atom. The molecule has 2 aromatic rings. The minimum absolute atomic E-state index is 0.0601. The van der Waals surface area contributed by atoms with Gasteiger partial charge in [-0.2, -0.15) is 0 Å². The van der Waals surface area contributed by atoms with Gasteiger partial charge in [0.25, 0.3) is 0 Å². The average molecular weight is 355 g/mol. The van der Waals surface area contributed by atoms with Crippen LogP contribution < -0.4 is 15.0 Å². The van der Waals surface area contributed by atoms with Crippen molar-refractivity contribution in [3.8, 4) is 5.88 Å². The summed E-state index contributed by atoms with van der Waals surface area (Å²) >= 11 is 0. The number of nitrogens with one attached hydrogen (secondary N) is 1. The van der Waals surface area contributed by atoms with Crippen LogP contribution in [0, 0.1) is 0 Å². The number of hydrogen-bond acceptors (Lipinski definition) is 7. The highest BCUT2D eigenvalue weighted by Crippen LogP contribution is 2.16. The largest absolute Gasteiger partial charge is 0.407 e. The predicted molar refractivity (Wildman–Crippen MR) is 95.5 cm³/mol. The number of rotatable bonds is 7. The topological polar surface area (TPSA) is 87.7 Å². The summed E-state index contributed by atoms with van der Waals surface area (Å²) in [7, 11) is 0. The molecule has 0 aliphatic carbocycles. The number of carbonyl (C=O) groups is 2. The van der Waals surface area contributed by atoms with Crippen LogP contribution in [0.5, 0.6) is 5.88 Å². The van der Waals surface area contributed by atoms with Crippen molar-refractivity contribution >= 4 is 18.1 Å². The number of esters is 1. The zero-order valence-corrected chi connectivity index (χ0v) is 14.3. The Kier molecular flexibility index (Phi) is 6.10. The number of aromatic nitrogens is 2. The van der Waals surface area contributed by atoms with Crippen molar-refractivity contribution in [2.24, 2.45) is 0 Å². The van der Waals surface area contributed by atoms with E-state index in [-0.39, 0.29) is 12.3 Å². The number of piperazine rings is 1. The molecule has 136 valence electrons. The van der Waals surface area contributed by atoms with Gasteiger partial charge in [-0.25, -0.2) is 4.98 Å². The van der Waals surface area contributed by atoms with Gasteiger partial charge in [0.1, 0.15) is 0 Å². The fourth-order valence-electron chi connectivity index (χ4n) is 2.94. The Labute approximate surface area is 151 Å². The second-order valence-corrected chi connectivity index (χ2v) is 5.87. The highest BCUT2D eigenvalue weighted by molar-refractivity contribution is 5.73. The molecule has 1 aliphatic rings. The van der Waals surface area contributed by atoms with Crippen molar-refractivity contribution in [1.29, 1.82) is 0 Å².